The number of nitrogens with one attached hydrogen (secondary N) is 1. The Morgan fingerprint density at radius 1 is 1.12 bits per heavy atom. The van der Waals surface area contributed by atoms with Crippen molar-refractivity contribution in [1.29, 1.82) is 0 Å². The maximum absolute atomic E-state index is 12.3. The lowest BCUT2D eigenvalue weighted by Crippen LogP contribution is -2.25. The smallest absolute Gasteiger partial charge is 0.255 e. The van der Waals surface area contributed by atoms with Gasteiger partial charge in [-0.05, 0) is 42.8 Å². The van der Waals surface area contributed by atoms with E-state index in [1.165, 1.54) is 11.4 Å². The highest BCUT2D eigenvalue weighted by Crippen LogP contribution is 2.26. The number of ether oxygens (including phenoxy) is 1. The molecule has 3 rings (SSSR count). The van der Waals surface area contributed by atoms with Crippen molar-refractivity contribution in [3.8, 4) is 5.75 Å². The second-order valence-corrected chi connectivity index (χ2v) is 7.46. The highest BCUT2D eigenvalue weighted by Gasteiger charge is 2.28. The van der Waals surface area contributed by atoms with E-state index in [0.717, 1.165) is 0 Å². The van der Waals surface area contributed by atoms with Crippen LogP contribution < -0.4 is 14.4 Å². The summed E-state index contributed by atoms with van der Waals surface area (Å²) < 4.78 is 30.4. The monoisotopic (exact) mass is 346 g/mol. The summed E-state index contributed by atoms with van der Waals surface area (Å²) in [6.07, 6.45) is 0.623. The van der Waals surface area contributed by atoms with Gasteiger partial charge in [-0.15, -0.1) is 0 Å². The molecule has 1 heterocycles. The molecule has 2 aromatic carbocycles. The van der Waals surface area contributed by atoms with E-state index in [1.807, 2.05) is 6.07 Å². The minimum Gasteiger partial charge on any atom is -0.495 e. The average Bonchev–Trinajstić information content (AvgIpc) is 2.94. The molecule has 1 N–H and O–H groups in total. The predicted molar refractivity (Wildman–Crippen MR) is 93.1 cm³/mol. The van der Waals surface area contributed by atoms with Crippen LogP contribution in [0.25, 0.3) is 0 Å². The number of methoxy groups -OCH3 is 1. The largest absolute Gasteiger partial charge is 0.495 e. The van der Waals surface area contributed by atoms with E-state index in [9.17, 15) is 13.2 Å². The zero-order chi connectivity index (χ0) is 17.2. The number of rotatable bonds is 4. The van der Waals surface area contributed by atoms with Crippen LogP contribution in [-0.4, -0.2) is 33.7 Å². The van der Waals surface area contributed by atoms with Crippen LogP contribution in [0.15, 0.2) is 48.5 Å². The van der Waals surface area contributed by atoms with Gasteiger partial charge in [0.05, 0.1) is 24.2 Å². The SMILES string of the molecule is COc1ccccc1NC(=O)c1ccc(N2CCCS2(=O)=O)cc1. The van der Waals surface area contributed by atoms with Crippen LogP contribution in [0.3, 0.4) is 0 Å². The molecule has 0 aliphatic carbocycles. The number of hydrogen-bond donors (Lipinski definition) is 1. The van der Waals surface area contributed by atoms with E-state index in [4.69, 9.17) is 4.74 Å². The Bertz CT molecular complexity index is 847. The standard InChI is InChI=1S/C17H18N2O4S/c1-23-16-6-3-2-5-15(16)18-17(20)13-7-9-14(10-8-13)19-11-4-12-24(19,21)22/h2-3,5-10H,4,11-12H2,1H3,(H,18,20). The fourth-order valence-electron chi connectivity index (χ4n) is 2.65. The van der Waals surface area contributed by atoms with Gasteiger partial charge >= 0.3 is 0 Å². The molecule has 1 fully saturated rings. The van der Waals surface area contributed by atoms with Gasteiger partial charge in [-0.2, -0.15) is 0 Å². The third kappa shape index (κ3) is 3.21. The van der Waals surface area contributed by atoms with Gasteiger partial charge < -0.3 is 10.1 Å². The van der Waals surface area contributed by atoms with Gasteiger partial charge in [-0.3, -0.25) is 9.10 Å². The Morgan fingerprint density at radius 2 is 1.83 bits per heavy atom. The van der Waals surface area contributed by atoms with Crippen LogP contribution in [0, 0.1) is 0 Å². The Labute approximate surface area is 141 Å². The molecule has 0 atom stereocenters. The van der Waals surface area contributed by atoms with Gasteiger partial charge in [-0.25, -0.2) is 8.42 Å². The van der Waals surface area contributed by atoms with Crippen LogP contribution in [0.2, 0.25) is 0 Å². The van der Waals surface area contributed by atoms with E-state index in [2.05, 4.69) is 5.32 Å². The first-order valence-electron chi connectivity index (χ1n) is 7.56. The van der Waals surface area contributed by atoms with Gasteiger partial charge in [0.15, 0.2) is 0 Å². The molecule has 6 nitrogen and oxygen atoms in total. The lowest BCUT2D eigenvalue weighted by molar-refractivity contribution is 0.102. The Morgan fingerprint density at radius 3 is 2.46 bits per heavy atom. The average molecular weight is 346 g/mol. The van der Waals surface area contributed by atoms with Crippen LogP contribution in [0.5, 0.6) is 5.75 Å². The summed E-state index contributed by atoms with van der Waals surface area (Å²) in [5.41, 5.74) is 1.61. The fraction of sp³-hybridized carbons (Fsp3) is 0.235. The second kappa shape index (κ2) is 6.52. The van der Waals surface area contributed by atoms with Crippen molar-refractivity contribution in [2.24, 2.45) is 0 Å². The van der Waals surface area contributed by atoms with Crippen LogP contribution in [-0.2, 0) is 10.0 Å². The molecular weight excluding hydrogens is 328 g/mol. The van der Waals surface area contributed by atoms with Crippen molar-refractivity contribution in [1.82, 2.24) is 0 Å². The molecule has 7 heteroatoms. The number of anilines is 2. The first-order chi connectivity index (χ1) is 11.5. The maximum atomic E-state index is 12.3. The van der Waals surface area contributed by atoms with E-state index >= 15 is 0 Å². The Hall–Kier alpha value is -2.54. The molecule has 1 amide bonds. The zero-order valence-electron chi connectivity index (χ0n) is 13.2. The number of nitrogens with zero attached hydrogens (tertiary/aromatic N) is 1. The third-order valence-electron chi connectivity index (χ3n) is 3.87. The van der Waals surface area contributed by atoms with Crippen molar-refractivity contribution in [2.75, 3.05) is 29.0 Å². The minimum absolute atomic E-state index is 0.170. The normalized spacial score (nSPS) is 16.0. The molecule has 0 bridgehead atoms. The van der Waals surface area contributed by atoms with Crippen LogP contribution in [0.4, 0.5) is 11.4 Å². The molecule has 0 aromatic heterocycles. The number of carbonyl (C=O) groups excluding carboxylic acids is 1. The molecule has 24 heavy (non-hydrogen) atoms. The summed E-state index contributed by atoms with van der Waals surface area (Å²) in [5.74, 6) is 0.462. The van der Waals surface area contributed by atoms with Gasteiger partial charge in [0.25, 0.3) is 5.91 Å². The highest BCUT2D eigenvalue weighted by atomic mass is 32.2. The van der Waals surface area contributed by atoms with Crippen molar-refractivity contribution in [3.05, 3.63) is 54.1 Å². The molecule has 0 radical (unpaired) electrons. The fourth-order valence-corrected chi connectivity index (χ4v) is 4.22. The van der Waals surface area contributed by atoms with Crippen LogP contribution in [0.1, 0.15) is 16.8 Å². The zero-order valence-corrected chi connectivity index (χ0v) is 14.0. The second-order valence-electron chi connectivity index (χ2n) is 5.44. The van der Waals surface area contributed by atoms with Crippen molar-refractivity contribution in [2.45, 2.75) is 6.42 Å². The van der Waals surface area contributed by atoms with Gasteiger partial charge in [0.2, 0.25) is 10.0 Å². The minimum atomic E-state index is -3.21. The highest BCUT2D eigenvalue weighted by molar-refractivity contribution is 7.93. The van der Waals surface area contributed by atoms with E-state index in [1.54, 1.807) is 42.5 Å². The van der Waals surface area contributed by atoms with Gasteiger partial charge in [0, 0.05) is 12.1 Å². The first-order valence-corrected chi connectivity index (χ1v) is 9.17. The predicted octanol–water partition coefficient (Wildman–Crippen LogP) is 2.49. The Balaban J connectivity index is 1.77. The number of carbonyl (C=O) groups is 1. The molecule has 1 aliphatic heterocycles. The van der Waals surface area contributed by atoms with E-state index < -0.39 is 10.0 Å². The summed E-state index contributed by atoms with van der Waals surface area (Å²) in [6.45, 7) is 0.481. The topological polar surface area (TPSA) is 75.7 Å². The number of benzene rings is 2. The molecule has 0 saturated carbocycles. The maximum Gasteiger partial charge on any atom is 0.255 e. The van der Waals surface area contributed by atoms with Crippen molar-refractivity contribution < 1.29 is 17.9 Å². The summed E-state index contributed by atoms with van der Waals surface area (Å²) in [5, 5.41) is 2.79. The van der Waals surface area contributed by atoms with E-state index in [-0.39, 0.29) is 11.7 Å². The van der Waals surface area contributed by atoms with E-state index in [0.29, 0.717) is 35.7 Å². The summed E-state index contributed by atoms with van der Waals surface area (Å²) in [4.78, 5) is 12.3. The number of sulfonamides is 1. The number of hydrogen-bond acceptors (Lipinski definition) is 4. The van der Waals surface area contributed by atoms with Crippen LogP contribution >= 0.6 is 0 Å². The molecule has 1 aliphatic rings. The third-order valence-corrected chi connectivity index (χ3v) is 5.74. The quantitative estimate of drug-likeness (QED) is 0.923. The summed E-state index contributed by atoms with van der Waals surface area (Å²) in [6, 6.07) is 13.7. The first kappa shape index (κ1) is 16.3. The Kier molecular flexibility index (Phi) is 4.44. The number of para-hydroxylation sites is 2. The molecule has 0 spiro atoms. The number of amides is 1. The summed E-state index contributed by atoms with van der Waals surface area (Å²) in [7, 11) is -1.68. The molecule has 126 valence electrons. The van der Waals surface area contributed by atoms with Crippen molar-refractivity contribution >= 4 is 27.3 Å². The van der Waals surface area contributed by atoms with Gasteiger partial charge in [-0.1, -0.05) is 12.1 Å². The lowest BCUT2D eigenvalue weighted by atomic mass is 10.2. The molecular formula is C17H18N2O4S. The molecule has 0 unspecified atom stereocenters. The molecule has 2 aromatic rings. The molecule has 1 saturated heterocycles. The lowest BCUT2D eigenvalue weighted by Gasteiger charge is -2.17. The van der Waals surface area contributed by atoms with Crippen molar-refractivity contribution in [3.63, 3.8) is 0 Å². The van der Waals surface area contributed by atoms with Gasteiger partial charge in [0.1, 0.15) is 5.75 Å². The summed E-state index contributed by atoms with van der Waals surface area (Å²) >= 11 is 0.